The van der Waals surface area contributed by atoms with Gasteiger partial charge in [-0.3, -0.25) is 4.31 Å². The lowest BCUT2D eigenvalue weighted by Crippen LogP contribution is -2.29. The molecule has 0 saturated heterocycles. The summed E-state index contributed by atoms with van der Waals surface area (Å²) in [5, 5.41) is 2.94. The smallest absolute Gasteiger partial charge is 0.267 e. The summed E-state index contributed by atoms with van der Waals surface area (Å²) in [6.45, 7) is 3.07. The fraction of sp³-hybridized carbons (Fsp3) is 0.286. The standard InChI is InChI=1S/C14H16N4O2S/c1-2-15-14-16-9-12(10-17-14)21(19,20)18-8-7-11-5-3-4-6-13(11)18/h3-6,9-10H,2,7-8H2,1H3,(H,15,16,17). The predicted octanol–water partition coefficient (Wildman–Crippen LogP) is 1.66. The molecule has 1 aromatic heterocycles. The van der Waals surface area contributed by atoms with Gasteiger partial charge in [-0.2, -0.15) is 0 Å². The molecule has 1 aromatic carbocycles. The zero-order valence-electron chi connectivity index (χ0n) is 11.7. The number of sulfonamides is 1. The molecule has 0 radical (unpaired) electrons. The molecular weight excluding hydrogens is 288 g/mol. The first-order valence-electron chi connectivity index (χ1n) is 6.79. The van der Waals surface area contributed by atoms with Gasteiger partial charge in [0.05, 0.1) is 18.1 Å². The lowest BCUT2D eigenvalue weighted by Gasteiger charge is -2.19. The van der Waals surface area contributed by atoms with Gasteiger partial charge in [-0.05, 0) is 25.0 Å². The van der Waals surface area contributed by atoms with Crippen LogP contribution >= 0.6 is 0 Å². The minimum absolute atomic E-state index is 0.112. The molecule has 1 N–H and O–H groups in total. The number of aromatic nitrogens is 2. The number of nitrogens with one attached hydrogen (secondary N) is 1. The monoisotopic (exact) mass is 304 g/mol. The van der Waals surface area contributed by atoms with E-state index in [4.69, 9.17) is 0 Å². The van der Waals surface area contributed by atoms with E-state index in [1.54, 1.807) is 0 Å². The molecule has 0 atom stereocenters. The minimum atomic E-state index is -3.60. The van der Waals surface area contributed by atoms with Crippen molar-refractivity contribution in [1.29, 1.82) is 0 Å². The van der Waals surface area contributed by atoms with Crippen LogP contribution in [0.2, 0.25) is 0 Å². The summed E-state index contributed by atoms with van der Waals surface area (Å²) in [4.78, 5) is 8.18. The molecule has 2 aromatic rings. The summed E-state index contributed by atoms with van der Waals surface area (Å²) in [7, 11) is -3.60. The number of fused-ring (bicyclic) bond motifs is 1. The molecule has 0 unspecified atom stereocenters. The van der Waals surface area contributed by atoms with E-state index in [1.807, 2.05) is 31.2 Å². The molecule has 110 valence electrons. The van der Waals surface area contributed by atoms with Crippen LogP contribution in [0.15, 0.2) is 41.6 Å². The average molecular weight is 304 g/mol. The number of para-hydroxylation sites is 1. The Hall–Kier alpha value is -2.15. The maximum absolute atomic E-state index is 12.7. The van der Waals surface area contributed by atoms with Crippen molar-refractivity contribution >= 4 is 21.7 Å². The molecule has 1 aliphatic heterocycles. The normalized spacial score (nSPS) is 14.0. The van der Waals surface area contributed by atoms with Gasteiger partial charge < -0.3 is 5.32 Å². The Bertz CT molecular complexity index is 744. The van der Waals surface area contributed by atoms with Gasteiger partial charge in [-0.15, -0.1) is 0 Å². The largest absolute Gasteiger partial charge is 0.355 e. The number of nitrogens with zero attached hydrogens (tertiary/aromatic N) is 3. The van der Waals surface area contributed by atoms with Crippen LogP contribution in [0.1, 0.15) is 12.5 Å². The third kappa shape index (κ3) is 2.44. The van der Waals surface area contributed by atoms with E-state index in [0.717, 1.165) is 17.7 Å². The van der Waals surface area contributed by atoms with Crippen molar-refractivity contribution in [3.8, 4) is 0 Å². The number of anilines is 2. The summed E-state index contributed by atoms with van der Waals surface area (Å²) < 4.78 is 26.8. The van der Waals surface area contributed by atoms with E-state index >= 15 is 0 Å². The number of rotatable bonds is 4. The maximum atomic E-state index is 12.7. The van der Waals surface area contributed by atoms with Gasteiger partial charge in [0.1, 0.15) is 4.90 Å². The Morgan fingerprint density at radius 3 is 2.67 bits per heavy atom. The van der Waals surface area contributed by atoms with E-state index in [-0.39, 0.29) is 4.90 Å². The molecule has 0 spiro atoms. The van der Waals surface area contributed by atoms with Crippen LogP contribution in [0.25, 0.3) is 0 Å². The number of hydrogen-bond acceptors (Lipinski definition) is 5. The Labute approximate surface area is 123 Å². The third-order valence-corrected chi connectivity index (χ3v) is 5.16. The molecule has 0 saturated carbocycles. The SMILES string of the molecule is CCNc1ncc(S(=O)(=O)N2CCc3ccccc32)cn1. The van der Waals surface area contributed by atoms with Gasteiger partial charge in [0.2, 0.25) is 5.95 Å². The zero-order valence-corrected chi connectivity index (χ0v) is 12.5. The van der Waals surface area contributed by atoms with Gasteiger partial charge in [0.15, 0.2) is 0 Å². The Kier molecular flexibility index (Phi) is 3.50. The summed E-state index contributed by atoms with van der Waals surface area (Å²) in [6.07, 6.45) is 3.42. The Balaban J connectivity index is 1.94. The first kappa shape index (κ1) is 13.8. The van der Waals surface area contributed by atoms with Crippen molar-refractivity contribution in [3.05, 3.63) is 42.2 Å². The maximum Gasteiger partial charge on any atom is 0.267 e. The minimum Gasteiger partial charge on any atom is -0.355 e. The fourth-order valence-electron chi connectivity index (χ4n) is 2.38. The Morgan fingerprint density at radius 1 is 1.24 bits per heavy atom. The van der Waals surface area contributed by atoms with Gasteiger partial charge >= 0.3 is 0 Å². The highest BCUT2D eigenvalue weighted by Crippen LogP contribution is 2.32. The molecular formula is C14H16N4O2S. The van der Waals surface area contributed by atoms with Crippen LogP contribution in [0, 0.1) is 0 Å². The highest BCUT2D eigenvalue weighted by Gasteiger charge is 2.31. The quantitative estimate of drug-likeness (QED) is 0.929. The van der Waals surface area contributed by atoms with Crippen molar-refractivity contribution in [3.63, 3.8) is 0 Å². The topological polar surface area (TPSA) is 75.2 Å². The van der Waals surface area contributed by atoms with Crippen LogP contribution in [0.3, 0.4) is 0 Å². The lowest BCUT2D eigenvalue weighted by molar-refractivity contribution is 0.591. The van der Waals surface area contributed by atoms with Crippen molar-refractivity contribution in [2.45, 2.75) is 18.2 Å². The molecule has 6 nitrogen and oxygen atoms in total. The van der Waals surface area contributed by atoms with E-state index in [0.29, 0.717) is 19.0 Å². The summed E-state index contributed by atoms with van der Waals surface area (Å²) in [5.41, 5.74) is 1.79. The first-order valence-corrected chi connectivity index (χ1v) is 8.23. The molecule has 7 heteroatoms. The van der Waals surface area contributed by atoms with E-state index in [2.05, 4.69) is 15.3 Å². The predicted molar refractivity (Wildman–Crippen MR) is 80.9 cm³/mol. The fourth-order valence-corrected chi connectivity index (χ4v) is 3.78. The zero-order chi connectivity index (χ0) is 14.9. The van der Waals surface area contributed by atoms with Crippen molar-refractivity contribution in [2.75, 3.05) is 22.7 Å². The molecule has 0 amide bonds. The summed E-state index contributed by atoms with van der Waals surface area (Å²) >= 11 is 0. The number of hydrogen-bond donors (Lipinski definition) is 1. The highest BCUT2D eigenvalue weighted by atomic mass is 32.2. The van der Waals surface area contributed by atoms with Gasteiger partial charge in [-0.25, -0.2) is 18.4 Å². The molecule has 0 fully saturated rings. The molecule has 0 aliphatic carbocycles. The van der Waals surface area contributed by atoms with Crippen LogP contribution < -0.4 is 9.62 Å². The summed E-state index contributed by atoms with van der Waals surface area (Å²) in [5.74, 6) is 0.429. The highest BCUT2D eigenvalue weighted by molar-refractivity contribution is 7.92. The molecule has 2 heterocycles. The van der Waals surface area contributed by atoms with Crippen LogP contribution in [-0.4, -0.2) is 31.5 Å². The van der Waals surface area contributed by atoms with E-state index in [1.165, 1.54) is 16.7 Å². The lowest BCUT2D eigenvalue weighted by atomic mass is 10.2. The van der Waals surface area contributed by atoms with Crippen LogP contribution in [0.4, 0.5) is 11.6 Å². The average Bonchev–Trinajstić information content (AvgIpc) is 2.93. The second kappa shape index (κ2) is 5.33. The Morgan fingerprint density at radius 2 is 1.95 bits per heavy atom. The van der Waals surface area contributed by atoms with Gasteiger partial charge in [0.25, 0.3) is 10.0 Å². The van der Waals surface area contributed by atoms with Gasteiger partial charge in [-0.1, -0.05) is 18.2 Å². The molecule has 1 aliphatic rings. The van der Waals surface area contributed by atoms with Crippen molar-refractivity contribution in [2.24, 2.45) is 0 Å². The first-order chi connectivity index (χ1) is 10.1. The van der Waals surface area contributed by atoms with E-state index < -0.39 is 10.0 Å². The number of benzene rings is 1. The van der Waals surface area contributed by atoms with Crippen molar-refractivity contribution < 1.29 is 8.42 Å². The van der Waals surface area contributed by atoms with Crippen molar-refractivity contribution in [1.82, 2.24) is 9.97 Å². The van der Waals surface area contributed by atoms with Gasteiger partial charge in [0, 0.05) is 13.1 Å². The van der Waals surface area contributed by atoms with Crippen LogP contribution in [0.5, 0.6) is 0 Å². The third-order valence-electron chi connectivity index (χ3n) is 3.40. The van der Waals surface area contributed by atoms with E-state index in [9.17, 15) is 8.42 Å². The molecule has 21 heavy (non-hydrogen) atoms. The van der Waals surface area contributed by atoms with Crippen LogP contribution in [-0.2, 0) is 16.4 Å². The second-order valence-corrected chi connectivity index (χ2v) is 6.59. The molecule has 0 bridgehead atoms. The summed E-state index contributed by atoms with van der Waals surface area (Å²) in [6, 6.07) is 7.55. The second-order valence-electron chi connectivity index (χ2n) is 4.73. The molecule has 3 rings (SSSR count).